The summed E-state index contributed by atoms with van der Waals surface area (Å²) in [5.41, 5.74) is 3.98. The maximum absolute atomic E-state index is 3.65. The number of rotatable bonds is 4. The highest BCUT2D eigenvalue weighted by Gasteiger charge is 2.09. The predicted octanol–water partition coefficient (Wildman–Crippen LogP) is 5.32. The zero-order valence-electron chi connectivity index (χ0n) is 10.9. The van der Waals surface area contributed by atoms with E-state index in [1.165, 1.54) is 16.7 Å². The predicted molar refractivity (Wildman–Crippen MR) is 83.1 cm³/mol. The first-order chi connectivity index (χ1) is 8.66. The minimum Gasteiger partial charge on any atom is -0.0891 e. The second-order valence-electron chi connectivity index (χ2n) is 4.92. The van der Waals surface area contributed by atoms with Crippen molar-refractivity contribution in [3.8, 4) is 11.1 Å². The molecule has 94 valence electrons. The van der Waals surface area contributed by atoms with Gasteiger partial charge in [-0.25, -0.2) is 0 Å². The average molecular weight is 303 g/mol. The van der Waals surface area contributed by atoms with Gasteiger partial charge < -0.3 is 0 Å². The zero-order valence-corrected chi connectivity index (χ0v) is 12.5. The van der Waals surface area contributed by atoms with Gasteiger partial charge in [-0.2, -0.15) is 0 Å². The third kappa shape index (κ3) is 3.46. The summed E-state index contributed by atoms with van der Waals surface area (Å²) in [5, 5.41) is 0. The summed E-state index contributed by atoms with van der Waals surface area (Å²) >= 11 is 3.65. The van der Waals surface area contributed by atoms with E-state index in [1.807, 2.05) is 0 Å². The minimum absolute atomic E-state index is 0.561. The van der Waals surface area contributed by atoms with Crippen molar-refractivity contribution in [2.75, 3.05) is 0 Å². The molecule has 0 saturated carbocycles. The van der Waals surface area contributed by atoms with Crippen LogP contribution in [0.15, 0.2) is 54.6 Å². The van der Waals surface area contributed by atoms with Crippen molar-refractivity contribution >= 4 is 15.9 Å². The van der Waals surface area contributed by atoms with Crippen molar-refractivity contribution in [2.45, 2.75) is 25.1 Å². The lowest BCUT2D eigenvalue weighted by atomic mass is 9.97. The van der Waals surface area contributed by atoms with Gasteiger partial charge in [-0.15, -0.1) is 0 Å². The summed E-state index contributed by atoms with van der Waals surface area (Å²) in [5.74, 6) is 0.660. The summed E-state index contributed by atoms with van der Waals surface area (Å²) in [7, 11) is 0. The van der Waals surface area contributed by atoms with Crippen molar-refractivity contribution < 1.29 is 0 Å². The monoisotopic (exact) mass is 302 g/mol. The molecule has 0 heterocycles. The van der Waals surface area contributed by atoms with E-state index in [0.29, 0.717) is 10.7 Å². The normalized spacial score (nSPS) is 14.2. The van der Waals surface area contributed by atoms with Crippen molar-refractivity contribution in [3.63, 3.8) is 0 Å². The summed E-state index contributed by atoms with van der Waals surface area (Å²) < 4.78 is 0. The molecule has 0 aliphatic rings. The summed E-state index contributed by atoms with van der Waals surface area (Å²) in [6.45, 7) is 4.49. The van der Waals surface area contributed by atoms with Gasteiger partial charge in [0.2, 0.25) is 0 Å². The molecule has 0 fully saturated rings. The largest absolute Gasteiger partial charge is 0.0891 e. The number of halogens is 1. The van der Waals surface area contributed by atoms with Crippen LogP contribution in [0.25, 0.3) is 11.1 Å². The van der Waals surface area contributed by atoms with E-state index < -0.39 is 0 Å². The van der Waals surface area contributed by atoms with Crippen LogP contribution in [0.5, 0.6) is 0 Å². The molecule has 0 spiro atoms. The topological polar surface area (TPSA) is 0 Å². The van der Waals surface area contributed by atoms with Crippen LogP contribution in [0.1, 0.15) is 19.4 Å². The Morgan fingerprint density at radius 3 is 1.94 bits per heavy atom. The van der Waals surface area contributed by atoms with Gasteiger partial charge in [0.25, 0.3) is 0 Å². The fraction of sp³-hybridized carbons (Fsp3) is 0.294. The second-order valence-corrected chi connectivity index (χ2v) is 6.37. The van der Waals surface area contributed by atoms with Gasteiger partial charge in [0, 0.05) is 4.83 Å². The Labute approximate surface area is 118 Å². The molecule has 0 aliphatic carbocycles. The molecule has 2 aromatic rings. The number of hydrogen-bond acceptors (Lipinski definition) is 0. The Balaban J connectivity index is 2.11. The van der Waals surface area contributed by atoms with Crippen LogP contribution in [-0.2, 0) is 6.42 Å². The first-order valence-electron chi connectivity index (χ1n) is 6.45. The minimum atomic E-state index is 0.561. The van der Waals surface area contributed by atoms with Gasteiger partial charge in [0.1, 0.15) is 0 Å². The molecule has 0 N–H and O–H groups in total. The van der Waals surface area contributed by atoms with E-state index >= 15 is 0 Å². The molecule has 0 saturated heterocycles. The lowest BCUT2D eigenvalue weighted by Gasteiger charge is -2.14. The smallest absolute Gasteiger partial charge is 0.0146 e. The molecule has 2 atom stereocenters. The molecule has 1 heteroatoms. The van der Waals surface area contributed by atoms with E-state index in [9.17, 15) is 0 Å². The van der Waals surface area contributed by atoms with Crippen LogP contribution in [0, 0.1) is 5.92 Å². The lowest BCUT2D eigenvalue weighted by Crippen LogP contribution is -2.09. The molecule has 0 aliphatic heterocycles. The highest BCUT2D eigenvalue weighted by Crippen LogP contribution is 2.22. The van der Waals surface area contributed by atoms with E-state index in [1.54, 1.807) is 0 Å². The van der Waals surface area contributed by atoms with Gasteiger partial charge in [-0.1, -0.05) is 84.4 Å². The van der Waals surface area contributed by atoms with Gasteiger partial charge in [-0.05, 0) is 29.0 Å². The molecule has 0 nitrogen and oxygen atoms in total. The average Bonchev–Trinajstić information content (AvgIpc) is 2.40. The van der Waals surface area contributed by atoms with Gasteiger partial charge in [-0.3, -0.25) is 0 Å². The summed E-state index contributed by atoms with van der Waals surface area (Å²) in [6, 6.07) is 19.4. The highest BCUT2D eigenvalue weighted by atomic mass is 79.9. The Kier molecular flexibility index (Phi) is 4.60. The molecule has 18 heavy (non-hydrogen) atoms. The molecular weight excluding hydrogens is 284 g/mol. The Morgan fingerprint density at radius 2 is 1.39 bits per heavy atom. The van der Waals surface area contributed by atoms with E-state index in [4.69, 9.17) is 0 Å². The number of hydrogen-bond donors (Lipinski definition) is 0. The fourth-order valence-electron chi connectivity index (χ4n) is 2.00. The van der Waals surface area contributed by atoms with E-state index in [0.717, 1.165) is 6.42 Å². The Hall–Kier alpha value is -1.08. The zero-order chi connectivity index (χ0) is 13.0. The van der Waals surface area contributed by atoms with Crippen molar-refractivity contribution in [2.24, 2.45) is 5.92 Å². The molecule has 0 bridgehead atoms. The van der Waals surface area contributed by atoms with Crippen LogP contribution in [-0.4, -0.2) is 4.83 Å². The van der Waals surface area contributed by atoms with E-state index in [-0.39, 0.29) is 0 Å². The molecule has 0 amide bonds. The molecular formula is C17H19Br. The van der Waals surface area contributed by atoms with Gasteiger partial charge in [0.15, 0.2) is 0 Å². The van der Waals surface area contributed by atoms with Crippen LogP contribution in [0.2, 0.25) is 0 Å². The SMILES string of the molecule is CC(Cc1ccc(-c2ccccc2)cc1)[C@@H](C)Br. The van der Waals surface area contributed by atoms with Crippen molar-refractivity contribution in [1.29, 1.82) is 0 Å². The molecule has 0 aromatic heterocycles. The van der Waals surface area contributed by atoms with Crippen LogP contribution in [0.4, 0.5) is 0 Å². The second kappa shape index (κ2) is 6.19. The lowest BCUT2D eigenvalue weighted by molar-refractivity contribution is 0.581. The standard InChI is InChI=1S/C17H19Br/c1-13(14(2)18)12-15-8-10-17(11-9-15)16-6-4-3-5-7-16/h3-11,13-14H,12H2,1-2H3/t13?,14-/m1/s1. The molecule has 2 rings (SSSR count). The van der Waals surface area contributed by atoms with Crippen LogP contribution < -0.4 is 0 Å². The highest BCUT2D eigenvalue weighted by molar-refractivity contribution is 9.09. The maximum atomic E-state index is 3.65. The first-order valence-corrected chi connectivity index (χ1v) is 7.37. The first kappa shape index (κ1) is 13.4. The summed E-state index contributed by atoms with van der Waals surface area (Å²) in [6.07, 6.45) is 1.13. The van der Waals surface area contributed by atoms with Crippen molar-refractivity contribution in [3.05, 3.63) is 60.2 Å². The van der Waals surface area contributed by atoms with Crippen LogP contribution in [0.3, 0.4) is 0 Å². The molecule has 1 unspecified atom stereocenters. The number of benzene rings is 2. The van der Waals surface area contributed by atoms with Crippen LogP contribution >= 0.6 is 15.9 Å². The third-order valence-electron chi connectivity index (χ3n) is 3.40. The number of alkyl halides is 1. The van der Waals surface area contributed by atoms with Crippen molar-refractivity contribution in [1.82, 2.24) is 0 Å². The maximum Gasteiger partial charge on any atom is 0.0146 e. The Bertz CT molecular complexity index is 471. The molecule has 2 aromatic carbocycles. The third-order valence-corrected chi connectivity index (χ3v) is 4.31. The summed E-state index contributed by atoms with van der Waals surface area (Å²) in [4.78, 5) is 0.561. The van der Waals surface area contributed by atoms with Gasteiger partial charge >= 0.3 is 0 Å². The Morgan fingerprint density at radius 1 is 0.833 bits per heavy atom. The van der Waals surface area contributed by atoms with E-state index in [2.05, 4.69) is 84.4 Å². The quantitative estimate of drug-likeness (QED) is 0.671. The van der Waals surface area contributed by atoms with Gasteiger partial charge in [0.05, 0.1) is 0 Å². The fourth-order valence-corrected chi connectivity index (χ4v) is 2.18. The molecule has 0 radical (unpaired) electrons.